The molecular formula is C33H36N4O6S. The minimum absolute atomic E-state index is 0.0116. The molecule has 1 amide bonds. The monoisotopic (exact) mass is 616 g/mol. The number of carbonyl (C=O) groups excluding carboxylic acids is 2. The average Bonchev–Trinajstić information content (AvgIpc) is 3.46. The van der Waals surface area contributed by atoms with Crippen molar-refractivity contribution in [1.29, 1.82) is 0 Å². The number of ether oxygens (including phenoxy) is 3. The third-order valence-electron chi connectivity index (χ3n) is 7.28. The molecule has 5 rings (SSSR count). The predicted molar refractivity (Wildman–Crippen MR) is 165 cm³/mol. The Kier molecular flexibility index (Phi) is 10.4. The van der Waals surface area contributed by atoms with E-state index in [1.165, 1.54) is 6.92 Å². The first-order chi connectivity index (χ1) is 21.3. The number of aliphatic hydroxyl groups is 1. The van der Waals surface area contributed by atoms with Gasteiger partial charge < -0.3 is 29.2 Å². The van der Waals surface area contributed by atoms with Crippen molar-refractivity contribution in [2.45, 2.75) is 63.2 Å². The van der Waals surface area contributed by atoms with Gasteiger partial charge in [-0.25, -0.2) is 0 Å². The van der Waals surface area contributed by atoms with Crippen molar-refractivity contribution in [2.75, 3.05) is 5.75 Å². The number of aromatic nitrogens is 3. The molecule has 230 valence electrons. The third-order valence-corrected chi connectivity index (χ3v) is 8.45. The van der Waals surface area contributed by atoms with Crippen molar-refractivity contribution >= 4 is 23.6 Å². The first-order valence-corrected chi connectivity index (χ1v) is 15.4. The van der Waals surface area contributed by atoms with Gasteiger partial charge in [0.25, 0.3) is 5.91 Å². The zero-order valence-electron chi connectivity index (χ0n) is 24.9. The molecule has 0 bridgehead atoms. The van der Waals surface area contributed by atoms with Crippen LogP contribution < -0.4 is 5.32 Å². The van der Waals surface area contributed by atoms with Crippen LogP contribution in [0.1, 0.15) is 54.9 Å². The number of amides is 1. The number of nitrogens with zero attached hydrogens (tertiary/aromatic N) is 3. The fraction of sp³-hybridized carbons (Fsp3) is 0.333. The van der Waals surface area contributed by atoms with Crippen molar-refractivity contribution in [3.63, 3.8) is 0 Å². The Labute approximate surface area is 260 Å². The number of aryl methyl sites for hydroxylation is 1. The minimum atomic E-state index is -0.859. The van der Waals surface area contributed by atoms with Crippen LogP contribution in [0.4, 0.5) is 0 Å². The molecule has 1 aromatic heterocycles. The summed E-state index contributed by atoms with van der Waals surface area (Å²) >= 11 is 1.59. The summed E-state index contributed by atoms with van der Waals surface area (Å²) in [6.45, 7) is 3.11. The van der Waals surface area contributed by atoms with Crippen LogP contribution in [-0.2, 0) is 44.0 Å². The molecule has 10 nitrogen and oxygen atoms in total. The summed E-state index contributed by atoms with van der Waals surface area (Å²) in [5.41, 5.74) is 5.64. The van der Waals surface area contributed by atoms with Gasteiger partial charge in [-0.1, -0.05) is 72.4 Å². The first-order valence-electron chi connectivity index (χ1n) is 14.4. The second-order valence-electron chi connectivity index (χ2n) is 10.7. The predicted octanol–water partition coefficient (Wildman–Crippen LogP) is 4.88. The summed E-state index contributed by atoms with van der Waals surface area (Å²) in [6.07, 6.45) is 0.589. The molecular weight excluding hydrogens is 580 g/mol. The number of hydrogen-bond donors (Lipinski definition) is 2. The molecule has 1 fully saturated rings. The highest BCUT2D eigenvalue weighted by Gasteiger charge is 2.32. The molecule has 0 spiro atoms. The summed E-state index contributed by atoms with van der Waals surface area (Å²) in [5.74, 6) is -0.172. The van der Waals surface area contributed by atoms with Crippen molar-refractivity contribution in [3.8, 4) is 11.1 Å². The summed E-state index contributed by atoms with van der Waals surface area (Å²) in [6, 6.07) is 23.8. The second kappa shape index (κ2) is 14.6. The maximum atomic E-state index is 12.3. The van der Waals surface area contributed by atoms with Gasteiger partial charge in [0.1, 0.15) is 6.33 Å². The SMILES string of the molecule is CC(=O)O[C@@H](C)C(=O)NCc1cccc(-c2cccc([C@H]3O[C@@H](CSc4nncn4C)C[C@@H](c4ccc(CO)cc4)O3)c2)c1. The van der Waals surface area contributed by atoms with Crippen LogP contribution in [0.25, 0.3) is 11.1 Å². The van der Waals surface area contributed by atoms with Crippen molar-refractivity contribution < 1.29 is 28.9 Å². The number of nitrogens with one attached hydrogen (secondary N) is 1. The van der Waals surface area contributed by atoms with E-state index in [1.54, 1.807) is 25.0 Å². The van der Waals surface area contributed by atoms with Gasteiger partial charge in [0.05, 0.1) is 18.8 Å². The van der Waals surface area contributed by atoms with Gasteiger partial charge >= 0.3 is 5.97 Å². The van der Waals surface area contributed by atoms with Gasteiger partial charge in [-0.15, -0.1) is 10.2 Å². The molecule has 44 heavy (non-hydrogen) atoms. The van der Waals surface area contributed by atoms with E-state index in [2.05, 4.69) is 21.6 Å². The summed E-state index contributed by atoms with van der Waals surface area (Å²) in [5, 5.41) is 21.3. The van der Waals surface area contributed by atoms with E-state index in [9.17, 15) is 14.7 Å². The number of esters is 1. The largest absolute Gasteiger partial charge is 0.453 e. The lowest BCUT2D eigenvalue weighted by atomic mass is 9.99. The van der Waals surface area contributed by atoms with Crippen LogP contribution in [0.3, 0.4) is 0 Å². The van der Waals surface area contributed by atoms with Gasteiger partial charge in [0, 0.05) is 38.3 Å². The standard InChI is InChI=1S/C33H36N4O6S/c1-21(41-22(2)39)31(40)34-17-24-6-4-7-26(14-24)27-8-5-9-28(15-27)32-42-29(19-44-33-36-35-20-37(33)3)16-30(43-32)25-12-10-23(18-38)11-13-25/h4-15,20-21,29-30,32,38H,16-19H2,1-3H3,(H,34,40)/t21-,29+,30-,32-/m0/s1. The van der Waals surface area contributed by atoms with Crippen LogP contribution in [0.5, 0.6) is 0 Å². The summed E-state index contributed by atoms with van der Waals surface area (Å²) in [4.78, 5) is 23.5. The molecule has 4 aromatic rings. The zero-order valence-corrected chi connectivity index (χ0v) is 25.7. The molecule has 11 heteroatoms. The molecule has 0 saturated carbocycles. The smallest absolute Gasteiger partial charge is 0.303 e. The summed E-state index contributed by atoms with van der Waals surface area (Å²) < 4.78 is 19.9. The molecule has 2 N–H and O–H groups in total. The van der Waals surface area contributed by atoms with Gasteiger partial charge in [0.15, 0.2) is 17.6 Å². The Balaban J connectivity index is 1.33. The van der Waals surface area contributed by atoms with E-state index in [-0.39, 0.29) is 24.7 Å². The molecule has 1 aliphatic heterocycles. The zero-order chi connectivity index (χ0) is 31.1. The highest BCUT2D eigenvalue weighted by Crippen LogP contribution is 2.40. The van der Waals surface area contributed by atoms with E-state index in [1.807, 2.05) is 78.3 Å². The molecule has 0 radical (unpaired) electrons. The number of rotatable bonds is 11. The fourth-order valence-electron chi connectivity index (χ4n) is 4.95. The number of hydrogen-bond acceptors (Lipinski definition) is 9. The molecule has 2 heterocycles. The Morgan fingerprint density at radius 2 is 1.80 bits per heavy atom. The van der Waals surface area contributed by atoms with E-state index < -0.39 is 18.4 Å². The summed E-state index contributed by atoms with van der Waals surface area (Å²) in [7, 11) is 1.92. The van der Waals surface area contributed by atoms with Crippen molar-refractivity contribution in [1.82, 2.24) is 20.1 Å². The fourth-order valence-corrected chi connectivity index (χ4v) is 5.86. The van der Waals surface area contributed by atoms with Crippen molar-refractivity contribution in [3.05, 3.63) is 101 Å². The van der Waals surface area contributed by atoms with E-state index in [0.29, 0.717) is 18.7 Å². The second-order valence-corrected chi connectivity index (χ2v) is 11.7. The Morgan fingerprint density at radius 1 is 1.05 bits per heavy atom. The minimum Gasteiger partial charge on any atom is -0.453 e. The van der Waals surface area contributed by atoms with Crippen LogP contribution in [0.2, 0.25) is 0 Å². The maximum Gasteiger partial charge on any atom is 0.303 e. The molecule has 1 saturated heterocycles. The maximum absolute atomic E-state index is 12.3. The lowest BCUT2D eigenvalue weighted by Gasteiger charge is -2.36. The molecule has 0 unspecified atom stereocenters. The molecule has 0 aliphatic carbocycles. The van der Waals surface area contributed by atoms with Crippen LogP contribution in [0, 0.1) is 0 Å². The van der Waals surface area contributed by atoms with Gasteiger partial charge in [-0.3, -0.25) is 9.59 Å². The molecule has 1 aliphatic rings. The van der Waals surface area contributed by atoms with Crippen LogP contribution in [-0.4, -0.2) is 49.7 Å². The third kappa shape index (κ3) is 8.11. The van der Waals surface area contributed by atoms with E-state index in [0.717, 1.165) is 38.5 Å². The molecule has 3 aromatic carbocycles. The van der Waals surface area contributed by atoms with Gasteiger partial charge in [0.2, 0.25) is 0 Å². The van der Waals surface area contributed by atoms with Gasteiger partial charge in [-0.2, -0.15) is 0 Å². The highest BCUT2D eigenvalue weighted by atomic mass is 32.2. The average molecular weight is 617 g/mol. The van der Waals surface area contributed by atoms with Crippen molar-refractivity contribution in [2.24, 2.45) is 7.05 Å². The number of thioether (sulfide) groups is 1. The topological polar surface area (TPSA) is 125 Å². The van der Waals surface area contributed by atoms with Crippen LogP contribution in [0.15, 0.2) is 84.3 Å². The van der Waals surface area contributed by atoms with Gasteiger partial charge in [-0.05, 0) is 46.9 Å². The Hall–Kier alpha value is -4.03. The quantitative estimate of drug-likeness (QED) is 0.179. The Bertz CT molecular complexity index is 1580. The van der Waals surface area contributed by atoms with E-state index in [4.69, 9.17) is 14.2 Å². The number of carbonyl (C=O) groups is 2. The molecule has 4 atom stereocenters. The lowest BCUT2D eigenvalue weighted by molar-refractivity contribution is -0.245. The van der Waals surface area contributed by atoms with Crippen LogP contribution >= 0.6 is 11.8 Å². The normalized spacial score (nSPS) is 18.9. The first kappa shape index (κ1) is 31.4. The van der Waals surface area contributed by atoms with E-state index >= 15 is 0 Å². The lowest BCUT2D eigenvalue weighted by Crippen LogP contribution is -2.35. The number of aliphatic hydroxyl groups excluding tert-OH is 1. The Morgan fingerprint density at radius 3 is 2.50 bits per heavy atom. The number of benzene rings is 3. The highest BCUT2D eigenvalue weighted by molar-refractivity contribution is 7.99.